The third-order valence-corrected chi connectivity index (χ3v) is 8.62. The van der Waals surface area contributed by atoms with E-state index < -0.39 is 16.6 Å². The maximum absolute atomic E-state index is 8.49. The van der Waals surface area contributed by atoms with Gasteiger partial charge in [0.15, 0.2) is 16.6 Å². The van der Waals surface area contributed by atoms with E-state index >= 15 is 0 Å². The smallest absolute Gasteiger partial charge is 0.197 e. The van der Waals surface area contributed by atoms with Crippen LogP contribution in [0, 0.1) is 11.3 Å². The summed E-state index contributed by atoms with van der Waals surface area (Å²) < 4.78 is 6.09. The summed E-state index contributed by atoms with van der Waals surface area (Å²) in [7, 11) is -3.26. The minimum atomic E-state index is -1.65. The highest BCUT2D eigenvalue weighted by atomic mass is 28.4. The Balaban J connectivity index is 4.17. The largest absolute Gasteiger partial charge is 0.453 e. The second kappa shape index (κ2) is 4.75. The van der Waals surface area contributed by atoms with Gasteiger partial charge in [-0.25, -0.2) is 0 Å². The van der Waals surface area contributed by atoms with Gasteiger partial charge in [-0.2, -0.15) is 5.26 Å². The molecule has 13 heavy (non-hydrogen) atoms. The lowest BCUT2D eigenvalue weighted by atomic mass is 10.6. The maximum atomic E-state index is 8.49. The molecule has 0 heterocycles. The zero-order valence-corrected chi connectivity index (χ0v) is 11.1. The zero-order chi connectivity index (χ0) is 10.5. The summed E-state index contributed by atoms with van der Waals surface area (Å²) in [6, 6.07) is 3.10. The summed E-state index contributed by atoms with van der Waals surface area (Å²) in [5.41, 5.74) is 1.95. The Bertz CT molecular complexity index is 218. The molecule has 4 heteroatoms. The molecule has 0 rings (SSSR count). The average Bonchev–Trinajstić information content (AvgIpc) is 1.99. The summed E-state index contributed by atoms with van der Waals surface area (Å²) in [4.78, 5) is 0. The molecule has 0 aromatic heterocycles. The maximum Gasteiger partial charge on any atom is 0.197 e. The van der Waals surface area contributed by atoms with E-state index in [0.717, 1.165) is 6.04 Å². The van der Waals surface area contributed by atoms with Gasteiger partial charge in [0.05, 0.1) is 6.07 Å². The minimum Gasteiger partial charge on any atom is -0.453 e. The number of rotatable bonds is 5. The molecule has 0 aliphatic carbocycles. The van der Waals surface area contributed by atoms with Gasteiger partial charge < -0.3 is 4.12 Å². The van der Waals surface area contributed by atoms with Crippen molar-refractivity contribution in [3.8, 4) is 6.07 Å². The van der Waals surface area contributed by atoms with Crippen LogP contribution >= 0.6 is 0 Å². The van der Waals surface area contributed by atoms with Crippen LogP contribution in [0.2, 0.25) is 32.2 Å². The number of nitriles is 1. The van der Waals surface area contributed by atoms with Crippen LogP contribution in [0.5, 0.6) is 0 Å². The van der Waals surface area contributed by atoms with Gasteiger partial charge in [-0.15, -0.1) is 6.58 Å². The van der Waals surface area contributed by atoms with Crippen molar-refractivity contribution in [2.45, 2.75) is 38.7 Å². The molecule has 0 atom stereocenters. The van der Waals surface area contributed by atoms with E-state index in [2.05, 4.69) is 38.8 Å². The van der Waals surface area contributed by atoms with E-state index in [1.54, 1.807) is 0 Å². The second-order valence-electron chi connectivity index (χ2n) is 4.33. The van der Waals surface area contributed by atoms with Crippen molar-refractivity contribution in [1.29, 1.82) is 5.26 Å². The van der Waals surface area contributed by atoms with Gasteiger partial charge in [0.1, 0.15) is 0 Å². The van der Waals surface area contributed by atoms with Crippen LogP contribution in [0.15, 0.2) is 12.3 Å². The quantitative estimate of drug-likeness (QED) is 0.658. The van der Waals surface area contributed by atoms with Gasteiger partial charge in [0, 0.05) is 6.42 Å². The van der Waals surface area contributed by atoms with Gasteiger partial charge in [0.25, 0.3) is 0 Å². The molecule has 0 aliphatic heterocycles. The Labute approximate surface area is 83.5 Å². The molecular formula is C9H19NOSi2. The van der Waals surface area contributed by atoms with E-state index in [1.807, 2.05) is 5.70 Å². The van der Waals surface area contributed by atoms with Crippen LogP contribution < -0.4 is 0 Å². The van der Waals surface area contributed by atoms with Crippen LogP contribution in [0.4, 0.5) is 0 Å². The molecule has 0 N–H and O–H groups in total. The molecule has 0 aromatic carbocycles. The van der Waals surface area contributed by atoms with Crippen molar-refractivity contribution < 1.29 is 4.12 Å². The normalized spacial score (nSPS) is 12.2. The molecular weight excluding hydrogens is 194 g/mol. The van der Waals surface area contributed by atoms with Crippen molar-refractivity contribution in [3.05, 3.63) is 12.3 Å². The van der Waals surface area contributed by atoms with Gasteiger partial charge >= 0.3 is 0 Å². The fourth-order valence-corrected chi connectivity index (χ4v) is 8.31. The summed E-state index contributed by atoms with van der Waals surface area (Å²) in [5.74, 6) is 0. The highest BCUT2D eigenvalue weighted by molar-refractivity contribution is 6.87. The monoisotopic (exact) mass is 213 g/mol. The van der Waals surface area contributed by atoms with Crippen LogP contribution in [-0.4, -0.2) is 16.6 Å². The molecule has 0 saturated carbocycles. The highest BCUT2D eigenvalue weighted by Gasteiger charge is 2.30. The number of hydrogen-bond acceptors (Lipinski definition) is 2. The van der Waals surface area contributed by atoms with E-state index in [0.29, 0.717) is 6.42 Å². The third-order valence-electron chi connectivity index (χ3n) is 1.87. The van der Waals surface area contributed by atoms with E-state index in [9.17, 15) is 0 Å². The molecule has 0 spiro atoms. The SMILES string of the molecule is C=C[Si](C)(C)O[Si](C)(C)CCC#N. The lowest BCUT2D eigenvalue weighted by Gasteiger charge is -2.31. The topological polar surface area (TPSA) is 33.0 Å². The first-order valence-corrected chi connectivity index (χ1v) is 10.6. The predicted molar refractivity (Wildman–Crippen MR) is 61.3 cm³/mol. The molecule has 0 fully saturated rings. The molecule has 0 amide bonds. The lowest BCUT2D eigenvalue weighted by Crippen LogP contribution is -2.42. The molecule has 0 unspecified atom stereocenters. The Morgan fingerprint density at radius 2 is 1.92 bits per heavy atom. The fraction of sp³-hybridized carbons (Fsp3) is 0.667. The molecule has 0 saturated heterocycles. The van der Waals surface area contributed by atoms with Crippen LogP contribution in [0.25, 0.3) is 0 Å². The molecule has 74 valence electrons. The van der Waals surface area contributed by atoms with Gasteiger partial charge in [-0.05, 0) is 32.2 Å². The first-order valence-electron chi connectivity index (χ1n) is 4.54. The van der Waals surface area contributed by atoms with Gasteiger partial charge in [-0.1, -0.05) is 5.70 Å². The average molecular weight is 213 g/mol. The minimum absolute atomic E-state index is 0.612. The lowest BCUT2D eigenvalue weighted by molar-refractivity contribution is 0.554. The van der Waals surface area contributed by atoms with Crippen molar-refractivity contribution in [2.24, 2.45) is 0 Å². The van der Waals surface area contributed by atoms with E-state index in [1.165, 1.54) is 0 Å². The first-order chi connectivity index (χ1) is 5.83. The standard InChI is InChI=1S/C9H19NOSi2/c1-6-12(2,3)11-13(4,5)9-7-8-10/h6H,1,7,9H2,2-5H3. The summed E-state index contributed by atoms with van der Waals surface area (Å²) >= 11 is 0. The summed E-state index contributed by atoms with van der Waals surface area (Å²) in [6.07, 6.45) is 0.612. The Kier molecular flexibility index (Phi) is 4.61. The predicted octanol–water partition coefficient (Wildman–Crippen LogP) is 3.05. The van der Waals surface area contributed by atoms with E-state index in [4.69, 9.17) is 9.38 Å². The van der Waals surface area contributed by atoms with Crippen LogP contribution in [0.1, 0.15) is 6.42 Å². The Morgan fingerprint density at radius 3 is 2.31 bits per heavy atom. The Hall–Kier alpha value is -0.376. The third kappa shape index (κ3) is 5.80. The molecule has 0 radical (unpaired) electrons. The fourth-order valence-electron chi connectivity index (χ4n) is 1.16. The Morgan fingerprint density at radius 1 is 1.38 bits per heavy atom. The summed E-state index contributed by atoms with van der Waals surface area (Å²) in [5, 5.41) is 8.49. The molecule has 0 aromatic rings. The van der Waals surface area contributed by atoms with Crippen molar-refractivity contribution >= 4 is 16.6 Å². The first kappa shape index (κ1) is 12.6. The number of hydrogen-bond donors (Lipinski definition) is 0. The van der Waals surface area contributed by atoms with Crippen molar-refractivity contribution in [2.75, 3.05) is 0 Å². The highest BCUT2D eigenvalue weighted by Crippen LogP contribution is 2.19. The van der Waals surface area contributed by atoms with Gasteiger partial charge in [0.2, 0.25) is 0 Å². The molecule has 0 aliphatic rings. The van der Waals surface area contributed by atoms with Gasteiger partial charge in [-0.3, -0.25) is 0 Å². The zero-order valence-electron chi connectivity index (χ0n) is 9.05. The van der Waals surface area contributed by atoms with Crippen LogP contribution in [-0.2, 0) is 4.12 Å². The van der Waals surface area contributed by atoms with Crippen LogP contribution in [0.3, 0.4) is 0 Å². The molecule has 0 bridgehead atoms. The number of nitrogens with zero attached hydrogens (tertiary/aromatic N) is 1. The van der Waals surface area contributed by atoms with Crippen molar-refractivity contribution in [1.82, 2.24) is 0 Å². The summed E-state index contributed by atoms with van der Waals surface area (Å²) in [6.45, 7) is 12.4. The van der Waals surface area contributed by atoms with E-state index in [-0.39, 0.29) is 0 Å². The van der Waals surface area contributed by atoms with Crippen molar-refractivity contribution in [3.63, 3.8) is 0 Å². The second-order valence-corrected chi connectivity index (χ2v) is 12.8. The molecule has 2 nitrogen and oxygen atoms in total.